The molecule has 4 rings (SSSR count). The first kappa shape index (κ1) is 29.6. The Morgan fingerprint density at radius 2 is 1.73 bits per heavy atom. The molecule has 2 fully saturated rings. The number of nitrogens with zero attached hydrogens (tertiary/aromatic N) is 3. The summed E-state index contributed by atoms with van der Waals surface area (Å²) in [6.45, 7) is 3.90. The van der Waals surface area contributed by atoms with Crippen LogP contribution in [0.25, 0.3) is 0 Å². The molecule has 2 saturated heterocycles. The normalized spacial score (nSPS) is 17.6. The van der Waals surface area contributed by atoms with E-state index in [9.17, 15) is 28.1 Å². The van der Waals surface area contributed by atoms with Gasteiger partial charge in [0.05, 0.1) is 30.3 Å². The minimum atomic E-state index is -4.34. The fourth-order valence-corrected chi connectivity index (χ4v) is 5.14. The molecule has 2 aromatic rings. The summed E-state index contributed by atoms with van der Waals surface area (Å²) in [6, 6.07) is 9.94. The summed E-state index contributed by atoms with van der Waals surface area (Å²) in [4.78, 5) is 27.6. The standard InChI is InChI=1S/C28H35F3N4O5/c1-39-26-18-23(6-7-25(26)35(37)38)32-22-8-16-34(17-9-22)27(36)12-15-33-13-10-24(11-14-33)40-19-20-2-4-21(5-3-20)28(29,30)31/h2-7,18,22,24,32H,8-17,19H2,1H3. The van der Waals surface area contributed by atoms with Gasteiger partial charge >= 0.3 is 11.9 Å². The van der Waals surface area contributed by atoms with Crippen LogP contribution in [0.4, 0.5) is 24.5 Å². The Kier molecular flexibility index (Phi) is 9.85. The molecule has 0 unspecified atom stereocenters. The zero-order chi connectivity index (χ0) is 28.7. The lowest BCUT2D eigenvalue weighted by molar-refractivity contribution is -0.385. The lowest BCUT2D eigenvalue weighted by atomic mass is 10.0. The number of anilines is 1. The molecule has 0 saturated carbocycles. The average Bonchev–Trinajstić information content (AvgIpc) is 2.95. The maximum absolute atomic E-state index is 12.8. The molecule has 9 nitrogen and oxygen atoms in total. The van der Waals surface area contributed by atoms with Crippen LogP contribution in [0.3, 0.4) is 0 Å². The van der Waals surface area contributed by atoms with Gasteiger partial charge in [-0.05, 0) is 49.4 Å². The second-order valence-electron chi connectivity index (χ2n) is 10.2. The van der Waals surface area contributed by atoms with Gasteiger partial charge in [0.1, 0.15) is 0 Å². The van der Waals surface area contributed by atoms with E-state index < -0.39 is 16.7 Å². The van der Waals surface area contributed by atoms with Gasteiger partial charge in [-0.2, -0.15) is 13.2 Å². The van der Waals surface area contributed by atoms with Crippen LogP contribution < -0.4 is 10.1 Å². The molecule has 0 aromatic heterocycles. The Hall–Kier alpha value is -3.38. The summed E-state index contributed by atoms with van der Waals surface area (Å²) in [7, 11) is 1.40. The van der Waals surface area contributed by atoms with Crippen LogP contribution in [0, 0.1) is 10.1 Å². The van der Waals surface area contributed by atoms with Gasteiger partial charge in [-0.15, -0.1) is 0 Å². The van der Waals surface area contributed by atoms with Crippen molar-refractivity contribution in [1.82, 2.24) is 9.80 Å². The number of hydrogen-bond acceptors (Lipinski definition) is 7. The van der Waals surface area contributed by atoms with E-state index in [1.807, 2.05) is 4.90 Å². The van der Waals surface area contributed by atoms with E-state index in [2.05, 4.69) is 10.2 Å². The third-order valence-corrected chi connectivity index (χ3v) is 7.54. The van der Waals surface area contributed by atoms with Crippen molar-refractivity contribution in [2.45, 2.75) is 57.0 Å². The highest BCUT2D eigenvalue weighted by Crippen LogP contribution is 2.31. The predicted molar refractivity (Wildman–Crippen MR) is 143 cm³/mol. The number of nitro groups is 1. The molecule has 1 N–H and O–H groups in total. The van der Waals surface area contributed by atoms with Gasteiger partial charge in [0, 0.05) is 63.0 Å². The molecule has 0 bridgehead atoms. The summed E-state index contributed by atoms with van der Waals surface area (Å²) in [5, 5.41) is 14.5. The van der Waals surface area contributed by atoms with E-state index in [1.54, 1.807) is 12.1 Å². The number of benzene rings is 2. The third kappa shape index (κ3) is 8.07. The van der Waals surface area contributed by atoms with Gasteiger partial charge in [0.25, 0.3) is 0 Å². The van der Waals surface area contributed by atoms with Crippen LogP contribution in [-0.4, -0.2) is 72.6 Å². The molecule has 2 aliphatic heterocycles. The second kappa shape index (κ2) is 13.3. The van der Waals surface area contributed by atoms with Crippen molar-refractivity contribution >= 4 is 17.3 Å². The number of likely N-dealkylation sites (tertiary alicyclic amines) is 2. The van der Waals surface area contributed by atoms with E-state index in [-0.39, 0.29) is 36.1 Å². The molecule has 0 atom stereocenters. The molecular weight excluding hydrogens is 529 g/mol. The van der Waals surface area contributed by atoms with Gasteiger partial charge in [-0.3, -0.25) is 14.9 Å². The number of methoxy groups -OCH3 is 1. The minimum Gasteiger partial charge on any atom is -0.490 e. The number of nitrogens with one attached hydrogen (secondary N) is 1. The van der Waals surface area contributed by atoms with Gasteiger partial charge in [-0.1, -0.05) is 12.1 Å². The highest BCUT2D eigenvalue weighted by atomic mass is 19.4. The zero-order valence-electron chi connectivity index (χ0n) is 22.5. The minimum absolute atomic E-state index is 0.0523. The molecule has 1 amide bonds. The monoisotopic (exact) mass is 564 g/mol. The zero-order valence-corrected chi connectivity index (χ0v) is 22.5. The number of carbonyl (C=O) groups is 1. The summed E-state index contributed by atoms with van der Waals surface area (Å²) in [6.07, 6.45) is -0.628. The third-order valence-electron chi connectivity index (χ3n) is 7.54. The number of rotatable bonds is 10. The van der Waals surface area contributed by atoms with Crippen LogP contribution in [-0.2, 0) is 22.3 Å². The number of nitro benzene ring substituents is 1. The molecule has 2 heterocycles. The first-order valence-electron chi connectivity index (χ1n) is 13.5. The Balaban J connectivity index is 1.12. The smallest absolute Gasteiger partial charge is 0.416 e. The fraction of sp³-hybridized carbons (Fsp3) is 0.536. The van der Waals surface area contributed by atoms with Crippen molar-refractivity contribution < 1.29 is 32.4 Å². The average molecular weight is 565 g/mol. The van der Waals surface area contributed by atoms with E-state index in [4.69, 9.17) is 9.47 Å². The SMILES string of the molecule is COc1cc(NC2CCN(C(=O)CCN3CCC(OCc4ccc(C(F)(F)F)cc4)CC3)CC2)ccc1[N+](=O)[O-]. The van der Waals surface area contributed by atoms with Crippen molar-refractivity contribution in [2.24, 2.45) is 0 Å². The van der Waals surface area contributed by atoms with E-state index in [1.165, 1.54) is 25.3 Å². The number of alkyl halides is 3. The summed E-state index contributed by atoms with van der Waals surface area (Å²) >= 11 is 0. The van der Waals surface area contributed by atoms with Crippen molar-refractivity contribution in [3.05, 3.63) is 63.7 Å². The Labute approximate surface area is 231 Å². The molecule has 40 heavy (non-hydrogen) atoms. The maximum atomic E-state index is 12.8. The van der Waals surface area contributed by atoms with Crippen LogP contribution in [0.15, 0.2) is 42.5 Å². The van der Waals surface area contributed by atoms with E-state index in [0.29, 0.717) is 31.6 Å². The largest absolute Gasteiger partial charge is 0.490 e. The maximum Gasteiger partial charge on any atom is 0.416 e. The Bertz CT molecular complexity index is 1150. The summed E-state index contributed by atoms with van der Waals surface area (Å²) in [5.74, 6) is 0.341. The fourth-order valence-electron chi connectivity index (χ4n) is 5.14. The number of amides is 1. The number of ether oxygens (including phenoxy) is 2. The second-order valence-corrected chi connectivity index (χ2v) is 10.2. The van der Waals surface area contributed by atoms with Crippen molar-refractivity contribution in [1.29, 1.82) is 0 Å². The molecule has 2 aromatic carbocycles. The molecule has 12 heteroatoms. The molecule has 0 spiro atoms. The van der Waals surface area contributed by atoms with E-state index >= 15 is 0 Å². The van der Waals surface area contributed by atoms with Crippen molar-refractivity contribution in [3.63, 3.8) is 0 Å². The molecule has 218 valence electrons. The first-order valence-corrected chi connectivity index (χ1v) is 13.5. The van der Waals surface area contributed by atoms with Crippen LogP contribution in [0.1, 0.15) is 43.2 Å². The Morgan fingerprint density at radius 1 is 1.05 bits per heavy atom. The van der Waals surface area contributed by atoms with Crippen LogP contribution in [0.2, 0.25) is 0 Å². The van der Waals surface area contributed by atoms with Gasteiger partial charge in [0.2, 0.25) is 5.91 Å². The highest BCUT2D eigenvalue weighted by Gasteiger charge is 2.30. The number of piperidine rings is 2. The van der Waals surface area contributed by atoms with Gasteiger partial charge in [0.15, 0.2) is 5.75 Å². The van der Waals surface area contributed by atoms with Crippen molar-refractivity contribution in [2.75, 3.05) is 45.2 Å². The number of hydrogen-bond donors (Lipinski definition) is 1. The highest BCUT2D eigenvalue weighted by molar-refractivity contribution is 5.76. The summed E-state index contributed by atoms with van der Waals surface area (Å²) < 4.78 is 49.2. The Morgan fingerprint density at radius 3 is 2.33 bits per heavy atom. The van der Waals surface area contributed by atoms with Gasteiger partial charge < -0.3 is 24.6 Å². The van der Waals surface area contributed by atoms with Gasteiger partial charge in [-0.25, -0.2) is 0 Å². The molecule has 0 aliphatic carbocycles. The van der Waals surface area contributed by atoms with E-state index in [0.717, 1.165) is 56.6 Å². The molecule has 2 aliphatic rings. The lowest BCUT2D eigenvalue weighted by Crippen LogP contribution is -2.44. The molecular formula is C28H35F3N4O5. The van der Waals surface area contributed by atoms with Crippen LogP contribution >= 0.6 is 0 Å². The lowest BCUT2D eigenvalue weighted by Gasteiger charge is -2.34. The van der Waals surface area contributed by atoms with Crippen molar-refractivity contribution in [3.8, 4) is 5.75 Å². The number of halogens is 3. The van der Waals surface area contributed by atoms with Crippen LogP contribution in [0.5, 0.6) is 5.75 Å². The number of carbonyl (C=O) groups excluding carboxylic acids is 1. The predicted octanol–water partition coefficient (Wildman–Crippen LogP) is 5.10. The summed E-state index contributed by atoms with van der Waals surface area (Å²) in [5.41, 5.74) is 0.721. The molecule has 0 radical (unpaired) electrons. The topological polar surface area (TPSA) is 97.2 Å². The quantitative estimate of drug-likeness (QED) is 0.317. The first-order chi connectivity index (χ1) is 19.1.